The average molecular weight is 629 g/mol. The first-order valence-electron chi connectivity index (χ1n) is 12.4. The third-order valence-electron chi connectivity index (χ3n) is 6.33. The molecule has 12 heteroatoms. The molecule has 0 bridgehead atoms. The monoisotopic (exact) mass is 627 g/mol. The molecule has 0 aliphatic heterocycles. The van der Waals surface area contributed by atoms with Gasteiger partial charge in [0.1, 0.15) is 18.4 Å². The maximum Gasteiger partial charge on any atom is 0.264 e. The van der Waals surface area contributed by atoms with Crippen molar-refractivity contribution in [1.82, 2.24) is 10.2 Å². The van der Waals surface area contributed by atoms with Gasteiger partial charge in [0, 0.05) is 22.6 Å². The van der Waals surface area contributed by atoms with Gasteiger partial charge >= 0.3 is 0 Å². The molecular formula is C28H29Cl3FN3O4S. The molecule has 3 aromatic carbocycles. The van der Waals surface area contributed by atoms with Gasteiger partial charge in [0.2, 0.25) is 11.8 Å². The predicted octanol–water partition coefficient (Wildman–Crippen LogP) is 6.31. The van der Waals surface area contributed by atoms with Crippen molar-refractivity contribution < 1.29 is 22.4 Å². The van der Waals surface area contributed by atoms with Crippen molar-refractivity contribution in [2.24, 2.45) is 0 Å². The lowest BCUT2D eigenvalue weighted by Crippen LogP contribution is -2.52. The Morgan fingerprint density at radius 2 is 1.62 bits per heavy atom. The zero-order chi connectivity index (χ0) is 29.6. The zero-order valence-electron chi connectivity index (χ0n) is 22.1. The lowest BCUT2D eigenvalue weighted by atomic mass is 10.1. The van der Waals surface area contributed by atoms with Crippen LogP contribution in [-0.2, 0) is 26.2 Å². The van der Waals surface area contributed by atoms with Gasteiger partial charge in [-0.25, -0.2) is 12.8 Å². The second-order valence-electron chi connectivity index (χ2n) is 9.17. The van der Waals surface area contributed by atoms with Crippen LogP contribution in [0.15, 0.2) is 71.6 Å². The van der Waals surface area contributed by atoms with E-state index in [-0.39, 0.29) is 33.2 Å². The molecule has 40 heavy (non-hydrogen) atoms. The highest BCUT2D eigenvalue weighted by Crippen LogP contribution is 2.29. The Hall–Kier alpha value is -2.85. The lowest BCUT2D eigenvalue weighted by molar-refractivity contribution is -0.139. The summed E-state index contributed by atoms with van der Waals surface area (Å²) in [5.74, 6) is -1.86. The molecule has 0 radical (unpaired) electrons. The molecule has 7 nitrogen and oxygen atoms in total. The number of nitrogens with zero attached hydrogens (tertiary/aromatic N) is 2. The van der Waals surface area contributed by atoms with E-state index in [1.54, 1.807) is 37.3 Å². The summed E-state index contributed by atoms with van der Waals surface area (Å²) in [4.78, 5) is 28.2. The first kappa shape index (κ1) is 31.7. The SMILES string of the molecule is CC[C@@H](C)NC(=O)[C@H](C)N(Cc1ccc(Cl)cc1Cl)C(=O)CN(c1ccc(F)c(Cl)c1)S(=O)(=O)c1ccccc1. The van der Waals surface area contributed by atoms with E-state index in [1.807, 2.05) is 13.8 Å². The van der Waals surface area contributed by atoms with Gasteiger partial charge in [-0.2, -0.15) is 0 Å². The second kappa shape index (κ2) is 13.7. The van der Waals surface area contributed by atoms with E-state index in [0.717, 1.165) is 16.4 Å². The number of rotatable bonds is 11. The van der Waals surface area contributed by atoms with Crippen molar-refractivity contribution in [3.63, 3.8) is 0 Å². The summed E-state index contributed by atoms with van der Waals surface area (Å²) >= 11 is 18.4. The van der Waals surface area contributed by atoms with Gasteiger partial charge in [0.25, 0.3) is 10.0 Å². The van der Waals surface area contributed by atoms with Crippen molar-refractivity contribution in [2.75, 3.05) is 10.8 Å². The summed E-state index contributed by atoms with van der Waals surface area (Å²) in [6.07, 6.45) is 0.670. The van der Waals surface area contributed by atoms with Crippen LogP contribution in [0, 0.1) is 5.82 Å². The largest absolute Gasteiger partial charge is 0.352 e. The molecule has 0 heterocycles. The molecule has 0 aliphatic carbocycles. The summed E-state index contributed by atoms with van der Waals surface area (Å²) < 4.78 is 42.3. The van der Waals surface area contributed by atoms with Gasteiger partial charge in [-0.15, -0.1) is 0 Å². The van der Waals surface area contributed by atoms with E-state index in [9.17, 15) is 22.4 Å². The summed E-state index contributed by atoms with van der Waals surface area (Å²) in [6.45, 7) is 4.48. The van der Waals surface area contributed by atoms with Gasteiger partial charge in [0.05, 0.1) is 15.6 Å². The molecule has 2 atom stereocenters. The number of sulfonamides is 1. The van der Waals surface area contributed by atoms with Gasteiger partial charge < -0.3 is 10.2 Å². The molecule has 0 aliphatic rings. The number of carbonyl (C=O) groups is 2. The number of amides is 2. The van der Waals surface area contributed by atoms with E-state index in [4.69, 9.17) is 34.8 Å². The molecule has 214 valence electrons. The number of hydrogen-bond acceptors (Lipinski definition) is 4. The van der Waals surface area contributed by atoms with Crippen LogP contribution >= 0.6 is 34.8 Å². The van der Waals surface area contributed by atoms with Crippen molar-refractivity contribution in [2.45, 2.75) is 50.7 Å². The van der Waals surface area contributed by atoms with Crippen molar-refractivity contribution >= 4 is 62.3 Å². The zero-order valence-corrected chi connectivity index (χ0v) is 25.2. The Balaban J connectivity index is 2.06. The molecule has 0 unspecified atom stereocenters. The fourth-order valence-electron chi connectivity index (χ4n) is 3.77. The number of nitrogens with one attached hydrogen (secondary N) is 1. The number of hydrogen-bond donors (Lipinski definition) is 1. The Kier molecular flexibility index (Phi) is 10.8. The minimum atomic E-state index is -4.31. The molecule has 0 saturated carbocycles. The number of anilines is 1. The fraction of sp³-hybridized carbons (Fsp3) is 0.286. The second-order valence-corrected chi connectivity index (χ2v) is 12.3. The Morgan fingerprint density at radius 3 is 2.23 bits per heavy atom. The predicted molar refractivity (Wildman–Crippen MR) is 157 cm³/mol. The van der Waals surface area contributed by atoms with E-state index in [2.05, 4.69) is 5.32 Å². The van der Waals surface area contributed by atoms with Crippen LogP contribution in [0.3, 0.4) is 0 Å². The van der Waals surface area contributed by atoms with E-state index >= 15 is 0 Å². The van der Waals surface area contributed by atoms with Crippen LogP contribution in [0.1, 0.15) is 32.8 Å². The van der Waals surface area contributed by atoms with Crippen LogP contribution in [0.2, 0.25) is 15.1 Å². The molecular weight excluding hydrogens is 600 g/mol. The third kappa shape index (κ3) is 7.66. The van der Waals surface area contributed by atoms with Gasteiger partial charge in [-0.1, -0.05) is 66.0 Å². The summed E-state index contributed by atoms with van der Waals surface area (Å²) in [7, 11) is -4.31. The van der Waals surface area contributed by atoms with E-state index in [1.165, 1.54) is 29.2 Å². The van der Waals surface area contributed by atoms with Crippen LogP contribution in [-0.4, -0.2) is 43.8 Å². The Bertz CT molecular complexity index is 1470. The highest BCUT2D eigenvalue weighted by molar-refractivity contribution is 7.92. The summed E-state index contributed by atoms with van der Waals surface area (Å²) in [5.41, 5.74) is 0.481. The normalized spacial score (nSPS) is 12.9. The van der Waals surface area contributed by atoms with Crippen molar-refractivity contribution in [3.05, 3.63) is 93.2 Å². The molecule has 1 N–H and O–H groups in total. The smallest absolute Gasteiger partial charge is 0.264 e. The summed E-state index contributed by atoms with van der Waals surface area (Å²) in [5, 5.41) is 3.20. The molecule has 2 amide bonds. The first-order valence-corrected chi connectivity index (χ1v) is 15.0. The van der Waals surface area contributed by atoms with E-state index in [0.29, 0.717) is 17.0 Å². The van der Waals surface area contributed by atoms with Crippen molar-refractivity contribution in [1.29, 1.82) is 0 Å². The highest BCUT2D eigenvalue weighted by Gasteiger charge is 2.33. The minimum Gasteiger partial charge on any atom is -0.352 e. The van der Waals surface area contributed by atoms with Gasteiger partial charge in [-0.05, 0) is 68.3 Å². The topological polar surface area (TPSA) is 86.8 Å². The Morgan fingerprint density at radius 1 is 0.950 bits per heavy atom. The quantitative estimate of drug-likeness (QED) is 0.270. The minimum absolute atomic E-state index is 0.0233. The highest BCUT2D eigenvalue weighted by atomic mass is 35.5. The van der Waals surface area contributed by atoms with Crippen LogP contribution in [0.5, 0.6) is 0 Å². The number of carbonyl (C=O) groups excluding carboxylic acids is 2. The molecule has 0 fully saturated rings. The van der Waals surface area contributed by atoms with Crippen LogP contribution in [0.4, 0.5) is 10.1 Å². The maximum absolute atomic E-state index is 14.0. The van der Waals surface area contributed by atoms with Crippen LogP contribution in [0.25, 0.3) is 0 Å². The fourth-order valence-corrected chi connectivity index (χ4v) is 5.84. The molecule has 0 aromatic heterocycles. The molecule has 3 rings (SSSR count). The Labute approximate surface area is 248 Å². The first-order chi connectivity index (χ1) is 18.8. The standard InChI is InChI=1S/C28H29Cl3FN3O4S/c1-4-18(2)33-28(37)19(3)34(16-20-10-11-21(29)14-24(20)30)27(36)17-35(22-12-13-26(32)25(31)15-22)40(38,39)23-8-6-5-7-9-23/h5-15,18-19H,4,16-17H2,1-3H3,(H,33,37)/t18-,19+/m1/s1. The maximum atomic E-state index is 14.0. The van der Waals surface area contributed by atoms with E-state index < -0.39 is 40.2 Å². The summed E-state index contributed by atoms with van der Waals surface area (Å²) in [6, 6.07) is 14.5. The van der Waals surface area contributed by atoms with Crippen LogP contribution < -0.4 is 9.62 Å². The average Bonchev–Trinajstić information content (AvgIpc) is 2.92. The number of benzene rings is 3. The third-order valence-corrected chi connectivity index (χ3v) is 8.99. The lowest BCUT2D eigenvalue weighted by Gasteiger charge is -2.32. The number of halogens is 4. The van der Waals surface area contributed by atoms with Crippen molar-refractivity contribution in [3.8, 4) is 0 Å². The molecule has 0 saturated heterocycles. The van der Waals surface area contributed by atoms with Gasteiger partial charge in [0.15, 0.2) is 0 Å². The molecule has 0 spiro atoms. The molecule has 3 aromatic rings. The van der Waals surface area contributed by atoms with Gasteiger partial charge in [-0.3, -0.25) is 13.9 Å².